The molecule has 2 nitrogen and oxygen atoms in total. The molecule has 0 bridgehead atoms. The largest absolute Gasteiger partial charge is 0.375 e. The highest BCUT2D eigenvalue weighted by atomic mass is 32.1. The number of para-hydroxylation sites is 2. The first-order chi connectivity index (χ1) is 29.2. The number of nitrogens with zero attached hydrogens (tertiary/aromatic N) is 2. The Bertz CT molecular complexity index is 2100. The summed E-state index contributed by atoms with van der Waals surface area (Å²) in [6.45, 7) is 31.0. The van der Waals surface area contributed by atoms with Crippen molar-refractivity contribution in [3.8, 4) is 11.1 Å². The van der Waals surface area contributed by atoms with Crippen molar-refractivity contribution in [1.29, 1.82) is 0 Å². The highest BCUT2D eigenvalue weighted by molar-refractivity contribution is 7.59. The van der Waals surface area contributed by atoms with Gasteiger partial charge in [-0.25, -0.2) is 13.2 Å². The Morgan fingerprint density at radius 2 is 1.10 bits per heavy atom. The van der Waals surface area contributed by atoms with Gasteiger partial charge < -0.3 is 9.80 Å². The smallest absolute Gasteiger partial charge is 0.123 e. The summed E-state index contributed by atoms with van der Waals surface area (Å²) in [5, 5.41) is 0. The lowest BCUT2D eigenvalue weighted by molar-refractivity contribution is 0.623. The first-order valence-corrected chi connectivity index (χ1v) is 21.4. The zero-order valence-electron chi connectivity index (χ0n) is 39.5. The third-order valence-corrected chi connectivity index (χ3v) is 9.95. The van der Waals surface area contributed by atoms with E-state index >= 15 is 0 Å². The Morgan fingerprint density at radius 1 is 0.661 bits per heavy atom. The van der Waals surface area contributed by atoms with Crippen LogP contribution >= 0.6 is 13.5 Å². The molecular weight excluding hydrogens is 790 g/mol. The van der Waals surface area contributed by atoms with Gasteiger partial charge >= 0.3 is 0 Å². The lowest BCUT2D eigenvalue weighted by atomic mass is 9.89. The molecule has 0 saturated carbocycles. The highest BCUT2D eigenvalue weighted by Gasteiger charge is 2.25. The molecule has 0 saturated heterocycles. The molecule has 0 N–H and O–H groups in total. The quantitative estimate of drug-likeness (QED) is 0.159. The summed E-state index contributed by atoms with van der Waals surface area (Å²) in [6.07, 6.45) is 2.11. The average Bonchev–Trinajstić information content (AvgIpc) is 3.28. The second kappa shape index (κ2) is 31.4. The Hall–Kier alpha value is -5.46. The standard InChI is InChI=1S/C23H22FN.C10H15N.C8H10.C7H7F.C4H5F.2C2H6.H2S/c1-16-5-3-4-6-23(16)25-14-13-19-7-8-20(15-22(19)17(25)2)18-9-11-21(24)12-10-18;1-4-11(3)10-8-6-5-7-9(10)2;1-7-5-3-4-6-8(7)2;1-6-2-4-7(8)5-3-6;1-3-4(2)5;2*1-2;/h3-12,15,17H,13-14H2,1-2H3;5-8H,4H2,1-3H3;3-6H,1-2H3;2-5H,1H3;3H,1-2H2;2*1-2H3;1H2. The van der Waals surface area contributed by atoms with Crippen molar-refractivity contribution in [1.82, 2.24) is 0 Å². The number of aryl methyl sites for hydroxylation is 5. The first kappa shape index (κ1) is 56.5. The van der Waals surface area contributed by atoms with Gasteiger partial charge in [-0.1, -0.05) is 143 Å². The van der Waals surface area contributed by atoms with E-state index in [1.54, 1.807) is 12.1 Å². The fraction of sp³-hybridized carbons (Fsp3) is 0.286. The van der Waals surface area contributed by atoms with Crippen molar-refractivity contribution in [3.63, 3.8) is 0 Å². The second-order valence-electron chi connectivity index (χ2n) is 14.2. The summed E-state index contributed by atoms with van der Waals surface area (Å²) in [5.41, 5.74) is 14.1. The molecule has 6 aromatic carbocycles. The van der Waals surface area contributed by atoms with E-state index in [-0.39, 0.29) is 25.1 Å². The number of allylic oxidation sites excluding steroid dienone is 2. The number of anilines is 2. The molecule has 1 unspecified atom stereocenters. The Labute approximate surface area is 381 Å². The van der Waals surface area contributed by atoms with Gasteiger partial charge in [0.25, 0.3) is 0 Å². The molecule has 1 atom stereocenters. The van der Waals surface area contributed by atoms with E-state index in [9.17, 15) is 13.2 Å². The molecule has 1 aliphatic heterocycles. The normalized spacial score (nSPS) is 11.5. The topological polar surface area (TPSA) is 6.48 Å². The SMILES string of the molecule is C=CC(=C)F.CC.CC.CCN(C)c1ccccc1C.Cc1ccc(F)cc1.Cc1ccccc1C.Cc1ccccc1N1CCc2ccc(-c3ccc(F)cc3)cc2C1C.S. The van der Waals surface area contributed by atoms with Gasteiger partial charge in [0.15, 0.2) is 0 Å². The zero-order valence-corrected chi connectivity index (χ0v) is 40.5. The number of benzene rings is 6. The van der Waals surface area contributed by atoms with Crippen LogP contribution in [0.5, 0.6) is 0 Å². The van der Waals surface area contributed by atoms with Crippen LogP contribution in [0.2, 0.25) is 0 Å². The summed E-state index contributed by atoms with van der Waals surface area (Å²) >= 11 is 0. The van der Waals surface area contributed by atoms with Gasteiger partial charge in [0.2, 0.25) is 0 Å². The Balaban J connectivity index is 0.000000837. The molecule has 0 radical (unpaired) electrons. The lowest BCUT2D eigenvalue weighted by Gasteiger charge is -2.38. The lowest BCUT2D eigenvalue weighted by Crippen LogP contribution is -2.34. The van der Waals surface area contributed by atoms with Gasteiger partial charge in [-0.05, 0) is 148 Å². The van der Waals surface area contributed by atoms with Crippen molar-refractivity contribution in [2.24, 2.45) is 0 Å². The van der Waals surface area contributed by atoms with Crippen LogP contribution in [0, 0.1) is 46.3 Å². The summed E-state index contributed by atoms with van der Waals surface area (Å²) in [5.74, 6) is -0.846. The van der Waals surface area contributed by atoms with Crippen LogP contribution in [0.3, 0.4) is 0 Å². The minimum atomic E-state index is -0.481. The molecule has 0 aliphatic carbocycles. The fourth-order valence-electron chi connectivity index (χ4n) is 6.21. The van der Waals surface area contributed by atoms with E-state index < -0.39 is 5.83 Å². The minimum absolute atomic E-state index is 0. The van der Waals surface area contributed by atoms with Gasteiger partial charge in [-0.3, -0.25) is 0 Å². The molecule has 0 amide bonds. The number of hydrogen-bond acceptors (Lipinski definition) is 2. The van der Waals surface area contributed by atoms with E-state index in [1.165, 1.54) is 69.0 Å². The summed E-state index contributed by atoms with van der Waals surface area (Å²) in [4.78, 5) is 4.74. The van der Waals surface area contributed by atoms with E-state index in [4.69, 9.17) is 0 Å². The molecule has 0 spiro atoms. The number of rotatable bonds is 5. The molecule has 1 aliphatic rings. The summed E-state index contributed by atoms with van der Waals surface area (Å²) < 4.78 is 36.4. The van der Waals surface area contributed by atoms with Gasteiger partial charge in [-0.15, -0.1) is 0 Å². The van der Waals surface area contributed by atoms with Crippen LogP contribution in [0.1, 0.15) is 86.5 Å². The van der Waals surface area contributed by atoms with Crippen molar-refractivity contribution in [2.75, 3.05) is 29.9 Å². The predicted octanol–water partition coefficient (Wildman–Crippen LogP) is 16.6. The molecular formula is C56H73F3N2S. The van der Waals surface area contributed by atoms with Crippen LogP contribution in [-0.4, -0.2) is 20.1 Å². The third-order valence-electron chi connectivity index (χ3n) is 9.95. The second-order valence-corrected chi connectivity index (χ2v) is 14.2. The van der Waals surface area contributed by atoms with E-state index in [1.807, 2.05) is 46.8 Å². The minimum Gasteiger partial charge on any atom is -0.375 e. The molecule has 6 heteroatoms. The van der Waals surface area contributed by atoms with Crippen LogP contribution in [0.4, 0.5) is 24.5 Å². The fourth-order valence-corrected chi connectivity index (χ4v) is 6.21. The van der Waals surface area contributed by atoms with Crippen molar-refractivity contribution in [3.05, 3.63) is 215 Å². The monoisotopic (exact) mass is 863 g/mol. The number of fused-ring (bicyclic) bond motifs is 1. The van der Waals surface area contributed by atoms with Gasteiger partial charge in [0.05, 0.1) is 6.04 Å². The van der Waals surface area contributed by atoms with E-state index in [2.05, 4.69) is 163 Å². The van der Waals surface area contributed by atoms with E-state index in [0.717, 1.165) is 42.3 Å². The van der Waals surface area contributed by atoms with Crippen LogP contribution in [0.15, 0.2) is 165 Å². The molecule has 62 heavy (non-hydrogen) atoms. The van der Waals surface area contributed by atoms with Gasteiger partial charge in [-0.2, -0.15) is 13.5 Å². The molecule has 0 fully saturated rings. The first-order valence-electron chi connectivity index (χ1n) is 21.4. The third kappa shape index (κ3) is 19.5. The maximum Gasteiger partial charge on any atom is 0.123 e. The molecule has 1 heterocycles. The summed E-state index contributed by atoms with van der Waals surface area (Å²) in [6, 6.07) is 45.5. The average molecular weight is 863 g/mol. The maximum absolute atomic E-state index is 13.2. The van der Waals surface area contributed by atoms with Crippen LogP contribution in [0.25, 0.3) is 11.1 Å². The highest BCUT2D eigenvalue weighted by Crippen LogP contribution is 2.37. The Morgan fingerprint density at radius 3 is 1.53 bits per heavy atom. The molecule has 334 valence electrons. The summed E-state index contributed by atoms with van der Waals surface area (Å²) in [7, 11) is 2.11. The van der Waals surface area contributed by atoms with Crippen LogP contribution < -0.4 is 9.80 Å². The maximum atomic E-state index is 13.2. The Kier molecular flexibility index (Phi) is 28.6. The molecule has 6 aromatic rings. The van der Waals surface area contributed by atoms with Crippen molar-refractivity contribution >= 4 is 24.9 Å². The van der Waals surface area contributed by atoms with Gasteiger partial charge in [0, 0.05) is 31.5 Å². The van der Waals surface area contributed by atoms with E-state index in [0.29, 0.717) is 6.04 Å². The van der Waals surface area contributed by atoms with Gasteiger partial charge in [0.1, 0.15) is 17.5 Å². The van der Waals surface area contributed by atoms with Crippen LogP contribution in [-0.2, 0) is 6.42 Å². The number of halogens is 3. The van der Waals surface area contributed by atoms with Crippen molar-refractivity contribution in [2.45, 2.75) is 88.6 Å². The predicted molar refractivity (Wildman–Crippen MR) is 273 cm³/mol. The zero-order chi connectivity index (χ0) is 45.9. The molecule has 7 rings (SSSR count). The molecule has 0 aromatic heterocycles. The van der Waals surface area contributed by atoms with Crippen molar-refractivity contribution < 1.29 is 13.2 Å². The number of hydrogen-bond donors (Lipinski definition) is 0.